The van der Waals surface area contributed by atoms with Gasteiger partial charge in [0.15, 0.2) is 0 Å². The van der Waals surface area contributed by atoms with Crippen LogP contribution in [0.5, 0.6) is 0 Å². The Morgan fingerprint density at radius 1 is 0.710 bits per heavy atom. The molecule has 3 aromatic carbocycles. The van der Waals surface area contributed by atoms with Gasteiger partial charge in [-0.15, -0.1) is 0 Å². The fourth-order valence-electron chi connectivity index (χ4n) is 7.41. The van der Waals surface area contributed by atoms with Crippen LogP contribution >= 0.6 is 0 Å². The smallest absolute Gasteiger partial charge is 0.394 e. The normalized spacial score (nSPS) is 35.3. The second-order valence-corrected chi connectivity index (χ2v) is 10.3. The third kappa shape index (κ3) is 2.12. The van der Waals surface area contributed by atoms with E-state index in [1.807, 2.05) is 6.07 Å². The predicted molar refractivity (Wildman–Crippen MR) is 125 cm³/mol. The van der Waals surface area contributed by atoms with Crippen molar-refractivity contribution in [3.05, 3.63) is 102 Å². The monoisotopic (exact) mass is 408 g/mol. The number of fused-ring (bicyclic) bond motifs is 5. The van der Waals surface area contributed by atoms with E-state index in [4.69, 9.17) is 9.31 Å². The van der Waals surface area contributed by atoms with Crippen molar-refractivity contribution < 1.29 is 9.31 Å². The van der Waals surface area contributed by atoms with Gasteiger partial charge in [0.2, 0.25) is 0 Å². The van der Waals surface area contributed by atoms with Gasteiger partial charge in [-0.25, -0.2) is 0 Å². The molecule has 2 aliphatic carbocycles. The largest absolute Gasteiger partial charge is 0.495 e. The summed E-state index contributed by atoms with van der Waals surface area (Å²) in [5.74, 6) is 0.362. The van der Waals surface area contributed by atoms with Crippen LogP contribution in [0, 0.1) is 16.7 Å². The van der Waals surface area contributed by atoms with E-state index in [-0.39, 0.29) is 10.8 Å². The molecule has 3 aromatic rings. The van der Waals surface area contributed by atoms with Gasteiger partial charge >= 0.3 is 7.12 Å². The molecule has 2 bridgehead atoms. The first-order valence-electron chi connectivity index (χ1n) is 11.5. The fraction of sp³-hybridized carbons (Fsp3) is 0.357. The average Bonchev–Trinajstić information content (AvgIpc) is 3.34. The Bertz CT molecular complexity index is 1100. The Morgan fingerprint density at radius 3 is 1.87 bits per heavy atom. The van der Waals surface area contributed by atoms with Gasteiger partial charge in [0.05, 0.1) is 0 Å². The van der Waals surface area contributed by atoms with Crippen molar-refractivity contribution in [2.45, 2.75) is 44.8 Å². The quantitative estimate of drug-likeness (QED) is 0.520. The van der Waals surface area contributed by atoms with Gasteiger partial charge in [0.1, 0.15) is 11.2 Å². The summed E-state index contributed by atoms with van der Waals surface area (Å²) in [5, 5.41) is 0. The molecule has 0 unspecified atom stereocenters. The lowest BCUT2D eigenvalue weighted by Crippen LogP contribution is -2.55. The first-order chi connectivity index (χ1) is 15.0. The third-order valence-corrected chi connectivity index (χ3v) is 9.05. The van der Waals surface area contributed by atoms with Crippen LogP contribution in [0.15, 0.2) is 91.0 Å². The first-order valence-corrected chi connectivity index (χ1v) is 11.5. The summed E-state index contributed by atoms with van der Waals surface area (Å²) in [6, 6.07) is 32.2. The topological polar surface area (TPSA) is 18.5 Å². The summed E-state index contributed by atoms with van der Waals surface area (Å²) in [6.07, 6.45) is 2.29. The predicted octanol–water partition coefficient (Wildman–Crippen LogP) is 5.68. The second-order valence-electron chi connectivity index (χ2n) is 10.3. The highest BCUT2D eigenvalue weighted by Crippen LogP contribution is 2.82. The number of benzene rings is 3. The Kier molecular flexibility index (Phi) is 3.95. The Labute approximate surface area is 185 Å². The van der Waals surface area contributed by atoms with Crippen LogP contribution in [0.2, 0.25) is 0 Å². The summed E-state index contributed by atoms with van der Waals surface area (Å²) in [6.45, 7) is 7.31. The van der Waals surface area contributed by atoms with E-state index >= 15 is 0 Å². The lowest BCUT2D eigenvalue weighted by Gasteiger charge is -2.52. The van der Waals surface area contributed by atoms with Crippen LogP contribution in [0.25, 0.3) is 0 Å². The van der Waals surface area contributed by atoms with Crippen molar-refractivity contribution in [1.29, 1.82) is 0 Å². The minimum absolute atomic E-state index is 0.0641. The zero-order chi connectivity index (χ0) is 21.3. The molecule has 3 heteroatoms. The average molecular weight is 408 g/mol. The van der Waals surface area contributed by atoms with Crippen LogP contribution in [0.1, 0.15) is 44.7 Å². The van der Waals surface area contributed by atoms with Gasteiger partial charge in [-0.2, -0.15) is 0 Å². The molecular weight excluding hydrogens is 379 g/mol. The number of rotatable bonds is 3. The van der Waals surface area contributed by atoms with E-state index in [1.54, 1.807) is 0 Å². The van der Waals surface area contributed by atoms with E-state index in [0.29, 0.717) is 5.92 Å². The molecule has 2 nitrogen and oxygen atoms in total. The number of hydrogen-bond acceptors (Lipinski definition) is 2. The van der Waals surface area contributed by atoms with Crippen LogP contribution < -0.4 is 5.46 Å². The van der Waals surface area contributed by atoms with E-state index in [0.717, 1.165) is 18.3 Å². The van der Waals surface area contributed by atoms with Gasteiger partial charge in [-0.3, -0.25) is 0 Å². The van der Waals surface area contributed by atoms with Crippen LogP contribution in [0.3, 0.4) is 0 Å². The van der Waals surface area contributed by atoms with Crippen molar-refractivity contribution in [2.75, 3.05) is 0 Å². The second kappa shape index (κ2) is 6.34. The van der Waals surface area contributed by atoms with Gasteiger partial charge in [-0.1, -0.05) is 112 Å². The van der Waals surface area contributed by atoms with E-state index in [9.17, 15) is 0 Å². The molecule has 3 aliphatic rings. The Morgan fingerprint density at radius 2 is 1.26 bits per heavy atom. The maximum absolute atomic E-state index is 7.25. The van der Waals surface area contributed by atoms with Crippen molar-refractivity contribution in [1.82, 2.24) is 0 Å². The summed E-state index contributed by atoms with van der Waals surface area (Å²) in [5.41, 5.74) is 2.46. The molecule has 3 fully saturated rings. The molecule has 6 rings (SSSR count). The van der Waals surface area contributed by atoms with Crippen molar-refractivity contribution in [2.24, 2.45) is 16.7 Å². The van der Waals surface area contributed by atoms with Gasteiger partial charge in [-0.05, 0) is 40.8 Å². The maximum Gasteiger partial charge on any atom is 0.495 e. The molecule has 4 atom stereocenters. The molecule has 156 valence electrons. The zero-order valence-corrected chi connectivity index (χ0v) is 18.5. The highest BCUT2D eigenvalue weighted by molar-refractivity contribution is 6.62. The summed E-state index contributed by atoms with van der Waals surface area (Å²) in [4.78, 5) is 0. The summed E-state index contributed by atoms with van der Waals surface area (Å²) < 4.78 is 14.5. The van der Waals surface area contributed by atoms with Crippen molar-refractivity contribution >= 4 is 12.6 Å². The molecule has 0 amide bonds. The highest BCUT2D eigenvalue weighted by atomic mass is 16.7. The molecule has 0 spiro atoms. The van der Waals surface area contributed by atoms with Gasteiger partial charge in [0, 0.05) is 5.41 Å². The van der Waals surface area contributed by atoms with E-state index < -0.39 is 18.3 Å². The molecule has 1 heterocycles. The van der Waals surface area contributed by atoms with Crippen LogP contribution in [-0.4, -0.2) is 7.12 Å². The van der Waals surface area contributed by atoms with Crippen LogP contribution in [-0.2, 0) is 20.5 Å². The minimum Gasteiger partial charge on any atom is -0.394 e. The molecule has 31 heavy (non-hydrogen) atoms. The van der Waals surface area contributed by atoms with Crippen LogP contribution in [0.4, 0.5) is 0 Å². The molecule has 0 N–H and O–H groups in total. The van der Waals surface area contributed by atoms with Gasteiger partial charge in [0.25, 0.3) is 0 Å². The summed E-state index contributed by atoms with van der Waals surface area (Å²) in [7, 11) is -0.391. The van der Waals surface area contributed by atoms with Gasteiger partial charge < -0.3 is 9.31 Å². The molecule has 0 aromatic heterocycles. The Balaban J connectivity index is 1.68. The third-order valence-electron chi connectivity index (χ3n) is 9.05. The Hall–Kier alpha value is -2.36. The molecule has 1 saturated heterocycles. The maximum atomic E-state index is 7.25. The van der Waals surface area contributed by atoms with E-state index in [1.165, 1.54) is 11.1 Å². The zero-order valence-electron chi connectivity index (χ0n) is 18.5. The molecule has 1 aliphatic heterocycles. The highest BCUT2D eigenvalue weighted by Gasteiger charge is 2.85. The van der Waals surface area contributed by atoms with Crippen molar-refractivity contribution in [3.63, 3.8) is 0 Å². The lowest BCUT2D eigenvalue weighted by atomic mass is 9.58. The lowest BCUT2D eigenvalue weighted by molar-refractivity contribution is -0.136. The number of hydrogen-bond donors (Lipinski definition) is 0. The molecule has 0 radical (unpaired) electrons. The molecule has 2 saturated carbocycles. The van der Waals surface area contributed by atoms with E-state index in [2.05, 4.69) is 106 Å². The fourth-order valence-corrected chi connectivity index (χ4v) is 7.41. The minimum atomic E-state index is -0.560. The SMILES string of the molecule is CC1(C)[C@@H]2CC[C@@]1(C)[C@]1(c3ccccc3)OB(c3ccccc3)O[C@]21c1ccccc1. The first kappa shape index (κ1) is 19.3. The molecular formula is C28H29BO2. The standard InChI is InChI=1S/C28H29BO2/c1-25(2)24-19-20-26(25,3)28(22-15-9-5-10-16-22)27(24,21-13-7-4-8-14-21)30-29(31-28)23-17-11-6-12-18-23/h4-18,24H,19-20H2,1-3H3/t24-,26+,27+,28-/m0/s1. The van der Waals surface area contributed by atoms with Crippen molar-refractivity contribution in [3.8, 4) is 0 Å². The summed E-state index contributed by atoms with van der Waals surface area (Å²) >= 11 is 0.